The Morgan fingerprint density at radius 1 is 1.38 bits per heavy atom. The van der Waals surface area contributed by atoms with Gasteiger partial charge in [-0.3, -0.25) is 0 Å². The molecule has 1 rings (SSSR count). The van der Waals surface area contributed by atoms with Crippen LogP contribution in [0.2, 0.25) is 5.02 Å². The Hall–Kier alpha value is -0.450. The van der Waals surface area contributed by atoms with Gasteiger partial charge in [-0.05, 0) is 35.0 Å². The number of nitrogens with two attached hydrogens (primary N) is 1. The van der Waals surface area contributed by atoms with Crippen molar-refractivity contribution in [2.24, 2.45) is 0 Å². The minimum absolute atomic E-state index is 0.538. The topological polar surface area (TPSA) is 44.5 Å². The highest BCUT2D eigenvalue weighted by atomic mass is 79.9. The molecule has 0 aliphatic heterocycles. The van der Waals surface area contributed by atoms with Crippen molar-refractivity contribution < 1.29 is 9.47 Å². The molecule has 16 heavy (non-hydrogen) atoms. The second kappa shape index (κ2) is 6.99. The normalized spacial score (nSPS) is 10.4. The Kier molecular flexibility index (Phi) is 5.95. The summed E-state index contributed by atoms with van der Waals surface area (Å²) in [6.45, 7) is 3.97. The molecule has 0 unspecified atom stereocenters. The minimum Gasteiger partial charge on any atom is -0.490 e. The lowest BCUT2D eigenvalue weighted by atomic mass is 10.3. The van der Waals surface area contributed by atoms with E-state index in [-0.39, 0.29) is 0 Å². The van der Waals surface area contributed by atoms with Crippen LogP contribution in [0.25, 0.3) is 0 Å². The van der Waals surface area contributed by atoms with Crippen molar-refractivity contribution in [2.75, 3.05) is 25.6 Å². The van der Waals surface area contributed by atoms with E-state index in [4.69, 9.17) is 26.8 Å². The molecule has 0 saturated heterocycles. The Morgan fingerprint density at radius 2 is 2.12 bits per heavy atom. The number of ether oxygens (including phenoxy) is 2. The fourth-order valence-electron chi connectivity index (χ4n) is 1.21. The first kappa shape index (κ1) is 13.6. The highest BCUT2D eigenvalue weighted by Crippen LogP contribution is 2.34. The molecule has 0 aliphatic carbocycles. The first-order chi connectivity index (χ1) is 7.65. The summed E-state index contributed by atoms with van der Waals surface area (Å²) in [6, 6.07) is 3.43. The van der Waals surface area contributed by atoms with Crippen LogP contribution in [0.3, 0.4) is 0 Å². The van der Waals surface area contributed by atoms with Crippen LogP contribution in [-0.2, 0) is 4.74 Å². The van der Waals surface area contributed by atoms with Gasteiger partial charge in [-0.15, -0.1) is 0 Å². The number of hydrogen-bond donors (Lipinski definition) is 1. The summed E-state index contributed by atoms with van der Waals surface area (Å²) < 4.78 is 11.5. The van der Waals surface area contributed by atoms with Gasteiger partial charge in [-0.25, -0.2) is 0 Å². The van der Waals surface area contributed by atoms with E-state index in [1.165, 1.54) is 0 Å². The Morgan fingerprint density at radius 3 is 2.75 bits per heavy atom. The van der Waals surface area contributed by atoms with Crippen LogP contribution in [-0.4, -0.2) is 19.8 Å². The second-order valence-corrected chi connectivity index (χ2v) is 4.50. The molecule has 3 nitrogen and oxygen atoms in total. The maximum atomic E-state index is 5.84. The quantitative estimate of drug-likeness (QED) is 0.646. The molecule has 0 fully saturated rings. The molecule has 0 aliphatic rings. The molecule has 0 radical (unpaired) electrons. The number of hydrogen-bond acceptors (Lipinski definition) is 3. The van der Waals surface area contributed by atoms with E-state index in [0.29, 0.717) is 29.7 Å². The number of anilines is 1. The lowest BCUT2D eigenvalue weighted by molar-refractivity contribution is 0.131. The molecule has 0 amide bonds. The van der Waals surface area contributed by atoms with E-state index in [1.54, 1.807) is 12.1 Å². The third-order valence-electron chi connectivity index (χ3n) is 1.92. The summed E-state index contributed by atoms with van der Waals surface area (Å²) in [7, 11) is 0. The van der Waals surface area contributed by atoms with Crippen LogP contribution in [0.4, 0.5) is 5.69 Å². The zero-order valence-electron chi connectivity index (χ0n) is 9.13. The van der Waals surface area contributed by atoms with Gasteiger partial charge in [0, 0.05) is 24.7 Å². The monoisotopic (exact) mass is 307 g/mol. The SMILES string of the molecule is CCOCCCOc1c(N)cc(Cl)cc1Br. The van der Waals surface area contributed by atoms with Gasteiger partial charge < -0.3 is 15.2 Å². The second-order valence-electron chi connectivity index (χ2n) is 3.20. The molecule has 90 valence electrons. The van der Waals surface area contributed by atoms with Gasteiger partial charge in [0.05, 0.1) is 16.8 Å². The van der Waals surface area contributed by atoms with Crippen LogP contribution >= 0.6 is 27.5 Å². The summed E-state index contributed by atoms with van der Waals surface area (Å²) in [4.78, 5) is 0. The lowest BCUT2D eigenvalue weighted by Gasteiger charge is -2.11. The summed E-state index contributed by atoms with van der Waals surface area (Å²) in [5.74, 6) is 0.640. The van der Waals surface area contributed by atoms with E-state index in [0.717, 1.165) is 17.5 Å². The fraction of sp³-hybridized carbons (Fsp3) is 0.455. The van der Waals surface area contributed by atoms with Crippen molar-refractivity contribution in [3.8, 4) is 5.75 Å². The molecule has 0 saturated carbocycles. The lowest BCUT2D eigenvalue weighted by Crippen LogP contribution is -2.04. The van der Waals surface area contributed by atoms with Crippen LogP contribution in [0.5, 0.6) is 5.75 Å². The average Bonchev–Trinajstić information content (AvgIpc) is 2.20. The predicted octanol–water partition coefficient (Wildman–Crippen LogP) is 3.49. The molecule has 0 bridgehead atoms. The summed E-state index contributed by atoms with van der Waals surface area (Å²) in [5, 5.41) is 0.589. The summed E-state index contributed by atoms with van der Waals surface area (Å²) in [5.41, 5.74) is 6.33. The zero-order chi connectivity index (χ0) is 12.0. The number of benzene rings is 1. The summed E-state index contributed by atoms with van der Waals surface area (Å²) in [6.07, 6.45) is 0.836. The third kappa shape index (κ3) is 4.20. The largest absolute Gasteiger partial charge is 0.490 e. The third-order valence-corrected chi connectivity index (χ3v) is 2.73. The first-order valence-corrected chi connectivity index (χ1v) is 6.27. The fourth-order valence-corrected chi connectivity index (χ4v) is 2.16. The molecule has 1 aromatic carbocycles. The zero-order valence-corrected chi connectivity index (χ0v) is 11.5. The van der Waals surface area contributed by atoms with Crippen LogP contribution in [0, 0.1) is 0 Å². The van der Waals surface area contributed by atoms with Crippen LogP contribution < -0.4 is 10.5 Å². The highest BCUT2D eigenvalue weighted by Gasteiger charge is 2.07. The van der Waals surface area contributed by atoms with E-state index in [2.05, 4.69) is 15.9 Å². The van der Waals surface area contributed by atoms with Gasteiger partial charge in [-0.1, -0.05) is 11.6 Å². The van der Waals surface area contributed by atoms with Crippen molar-refractivity contribution in [1.82, 2.24) is 0 Å². The van der Waals surface area contributed by atoms with Crippen molar-refractivity contribution in [3.05, 3.63) is 21.6 Å². The molecule has 2 N–H and O–H groups in total. The number of halogens is 2. The van der Waals surface area contributed by atoms with Crippen LogP contribution in [0.1, 0.15) is 13.3 Å². The van der Waals surface area contributed by atoms with E-state index < -0.39 is 0 Å². The van der Waals surface area contributed by atoms with E-state index in [9.17, 15) is 0 Å². The molecular weight excluding hydrogens is 293 g/mol. The molecule has 0 aromatic heterocycles. The van der Waals surface area contributed by atoms with Crippen molar-refractivity contribution in [1.29, 1.82) is 0 Å². The van der Waals surface area contributed by atoms with Crippen LogP contribution in [0.15, 0.2) is 16.6 Å². The standard InChI is InChI=1S/C11H15BrClNO2/c1-2-15-4-3-5-16-11-9(12)6-8(13)7-10(11)14/h6-7H,2-5,14H2,1H3. The Balaban J connectivity index is 2.47. The number of nitrogen functional groups attached to an aromatic ring is 1. The minimum atomic E-state index is 0.538. The smallest absolute Gasteiger partial charge is 0.156 e. The Bertz CT molecular complexity index is 324. The molecule has 0 spiro atoms. The summed E-state index contributed by atoms with van der Waals surface area (Å²) >= 11 is 9.20. The molecule has 5 heteroatoms. The van der Waals surface area contributed by atoms with E-state index in [1.807, 2.05) is 6.92 Å². The maximum absolute atomic E-state index is 5.84. The van der Waals surface area contributed by atoms with Gasteiger partial charge in [0.25, 0.3) is 0 Å². The van der Waals surface area contributed by atoms with Gasteiger partial charge in [0.15, 0.2) is 5.75 Å². The van der Waals surface area contributed by atoms with Gasteiger partial charge in [0.1, 0.15) is 0 Å². The van der Waals surface area contributed by atoms with Gasteiger partial charge >= 0.3 is 0 Å². The van der Waals surface area contributed by atoms with Crippen molar-refractivity contribution >= 4 is 33.2 Å². The molecule has 1 aromatic rings. The molecular formula is C11H15BrClNO2. The Labute approximate surface area is 109 Å². The average molecular weight is 309 g/mol. The van der Waals surface area contributed by atoms with Gasteiger partial charge in [-0.2, -0.15) is 0 Å². The molecule has 0 atom stereocenters. The maximum Gasteiger partial charge on any atom is 0.156 e. The molecule has 0 heterocycles. The van der Waals surface area contributed by atoms with Gasteiger partial charge in [0.2, 0.25) is 0 Å². The first-order valence-electron chi connectivity index (χ1n) is 5.10. The van der Waals surface area contributed by atoms with Crippen molar-refractivity contribution in [3.63, 3.8) is 0 Å². The van der Waals surface area contributed by atoms with E-state index >= 15 is 0 Å². The van der Waals surface area contributed by atoms with Crippen molar-refractivity contribution in [2.45, 2.75) is 13.3 Å². The number of rotatable bonds is 6. The highest BCUT2D eigenvalue weighted by molar-refractivity contribution is 9.10. The predicted molar refractivity (Wildman–Crippen MR) is 70.2 cm³/mol.